The van der Waals surface area contributed by atoms with E-state index in [1.807, 2.05) is 18.2 Å². The highest BCUT2D eigenvalue weighted by atomic mass is 16.5. The van der Waals surface area contributed by atoms with Crippen LogP contribution in [-0.4, -0.2) is 34.8 Å². The number of aromatic nitrogens is 1. The predicted molar refractivity (Wildman–Crippen MR) is 89.9 cm³/mol. The van der Waals surface area contributed by atoms with Gasteiger partial charge in [-0.05, 0) is 25.0 Å². The molecule has 1 saturated heterocycles. The lowest BCUT2D eigenvalue weighted by Crippen LogP contribution is -2.38. The van der Waals surface area contributed by atoms with Gasteiger partial charge < -0.3 is 19.3 Å². The first-order valence-electron chi connectivity index (χ1n) is 8.02. The number of aromatic carboxylic acids is 1. The minimum atomic E-state index is -1.21. The molecule has 0 amide bonds. The van der Waals surface area contributed by atoms with E-state index < -0.39 is 11.4 Å². The lowest BCUT2D eigenvalue weighted by molar-refractivity contribution is 0.0694. The van der Waals surface area contributed by atoms with Crippen LogP contribution in [0.15, 0.2) is 35.3 Å². The second-order valence-corrected chi connectivity index (χ2v) is 6.34. The first kappa shape index (κ1) is 14.8. The average Bonchev–Trinajstić information content (AvgIpc) is 3.04. The topological polar surface area (TPSA) is 71.8 Å². The van der Waals surface area contributed by atoms with Crippen molar-refractivity contribution >= 4 is 11.7 Å². The highest BCUT2D eigenvalue weighted by molar-refractivity contribution is 5.87. The van der Waals surface area contributed by atoms with E-state index in [0.717, 1.165) is 30.0 Å². The molecule has 2 aromatic rings. The van der Waals surface area contributed by atoms with Gasteiger partial charge in [-0.1, -0.05) is 6.07 Å². The van der Waals surface area contributed by atoms with Gasteiger partial charge in [-0.2, -0.15) is 0 Å². The Morgan fingerprint density at radius 3 is 2.96 bits per heavy atom. The largest absolute Gasteiger partial charge is 0.489 e. The third-order valence-corrected chi connectivity index (χ3v) is 4.84. The monoisotopic (exact) mass is 326 g/mol. The van der Waals surface area contributed by atoms with Crippen molar-refractivity contribution in [1.29, 1.82) is 0 Å². The van der Waals surface area contributed by atoms with Crippen LogP contribution in [0.1, 0.15) is 23.2 Å². The maximum atomic E-state index is 12.0. The van der Waals surface area contributed by atoms with Gasteiger partial charge in [0.1, 0.15) is 17.9 Å². The van der Waals surface area contributed by atoms with E-state index >= 15 is 0 Å². The van der Waals surface area contributed by atoms with Crippen molar-refractivity contribution in [1.82, 2.24) is 4.57 Å². The summed E-state index contributed by atoms with van der Waals surface area (Å²) in [6.45, 7) is 1.74. The Balaban J connectivity index is 1.77. The van der Waals surface area contributed by atoms with E-state index in [0.29, 0.717) is 18.3 Å². The van der Waals surface area contributed by atoms with Crippen molar-refractivity contribution in [2.75, 3.05) is 18.1 Å². The summed E-state index contributed by atoms with van der Waals surface area (Å²) in [6.07, 6.45) is 3.70. The maximum Gasteiger partial charge on any atom is 0.341 e. The molecule has 0 spiro atoms. The number of ether oxygens (including phenoxy) is 1. The molecule has 1 aromatic heterocycles. The Labute approximate surface area is 138 Å². The second kappa shape index (κ2) is 5.40. The minimum Gasteiger partial charge on any atom is -0.489 e. The molecule has 124 valence electrons. The van der Waals surface area contributed by atoms with Gasteiger partial charge in [-0.15, -0.1) is 0 Å². The summed E-state index contributed by atoms with van der Waals surface area (Å²) in [5, 5.41) is 9.06. The average molecular weight is 326 g/mol. The summed E-state index contributed by atoms with van der Waals surface area (Å²) < 4.78 is 7.57. The van der Waals surface area contributed by atoms with Gasteiger partial charge in [0, 0.05) is 31.4 Å². The van der Waals surface area contributed by atoms with Crippen LogP contribution in [0.5, 0.6) is 5.75 Å². The summed E-state index contributed by atoms with van der Waals surface area (Å²) in [7, 11) is 1.73. The Bertz CT molecular complexity index is 887. The summed E-state index contributed by atoms with van der Waals surface area (Å²) in [5.74, 6) is -0.392. The zero-order chi connectivity index (χ0) is 16.8. The maximum absolute atomic E-state index is 12.0. The smallest absolute Gasteiger partial charge is 0.341 e. The van der Waals surface area contributed by atoms with Crippen LogP contribution in [0.3, 0.4) is 0 Å². The molecule has 3 heterocycles. The number of hydrogen-bond donors (Lipinski definition) is 1. The molecule has 2 aliphatic rings. The van der Waals surface area contributed by atoms with Gasteiger partial charge in [0.25, 0.3) is 0 Å². The lowest BCUT2D eigenvalue weighted by Gasteiger charge is -2.33. The Kier molecular flexibility index (Phi) is 3.33. The Hall–Kier alpha value is -2.76. The molecular weight excluding hydrogens is 308 g/mol. The van der Waals surface area contributed by atoms with E-state index in [4.69, 9.17) is 9.84 Å². The predicted octanol–water partition coefficient (Wildman–Crippen LogP) is 2.11. The second-order valence-electron chi connectivity index (χ2n) is 6.34. The lowest BCUT2D eigenvalue weighted by atomic mass is 10.1. The summed E-state index contributed by atoms with van der Waals surface area (Å²) in [5.41, 5.74) is 1.88. The third kappa shape index (κ3) is 2.26. The zero-order valence-corrected chi connectivity index (χ0v) is 13.4. The van der Waals surface area contributed by atoms with Crippen molar-refractivity contribution < 1.29 is 14.6 Å². The molecule has 1 fully saturated rings. The van der Waals surface area contributed by atoms with Gasteiger partial charge in [0.05, 0.1) is 17.4 Å². The highest BCUT2D eigenvalue weighted by Crippen LogP contribution is 2.40. The molecule has 0 saturated carbocycles. The highest BCUT2D eigenvalue weighted by Gasteiger charge is 2.31. The SMILES string of the molecule is Cn1cc(C(=O)O)c(=O)cc1-c1ccc2c(c1)OC[C@H]1CCCN21. The zero-order valence-electron chi connectivity index (χ0n) is 13.4. The molecule has 6 nitrogen and oxygen atoms in total. The molecule has 1 N–H and O–H groups in total. The number of pyridine rings is 1. The summed E-state index contributed by atoms with van der Waals surface area (Å²) in [4.78, 5) is 25.5. The number of hydrogen-bond acceptors (Lipinski definition) is 4. The van der Waals surface area contributed by atoms with Crippen LogP contribution in [0, 0.1) is 0 Å². The fraction of sp³-hybridized carbons (Fsp3) is 0.333. The van der Waals surface area contributed by atoms with Crippen LogP contribution in [0.4, 0.5) is 5.69 Å². The Morgan fingerprint density at radius 1 is 1.33 bits per heavy atom. The fourth-order valence-corrected chi connectivity index (χ4v) is 3.62. The third-order valence-electron chi connectivity index (χ3n) is 4.84. The normalized spacial score (nSPS) is 18.7. The van der Waals surface area contributed by atoms with Crippen molar-refractivity contribution in [2.45, 2.75) is 18.9 Å². The first-order valence-corrected chi connectivity index (χ1v) is 8.02. The molecule has 4 rings (SSSR count). The van der Waals surface area contributed by atoms with Gasteiger partial charge in [0.15, 0.2) is 5.43 Å². The Morgan fingerprint density at radius 2 is 2.17 bits per heavy atom. The number of rotatable bonds is 2. The molecule has 0 unspecified atom stereocenters. The quantitative estimate of drug-likeness (QED) is 0.915. The van der Waals surface area contributed by atoms with Gasteiger partial charge in [-0.25, -0.2) is 4.79 Å². The van der Waals surface area contributed by atoms with Crippen LogP contribution in [0.2, 0.25) is 0 Å². The van der Waals surface area contributed by atoms with Gasteiger partial charge in [-0.3, -0.25) is 4.79 Å². The minimum absolute atomic E-state index is 0.227. The van der Waals surface area contributed by atoms with E-state index in [2.05, 4.69) is 4.90 Å². The van der Waals surface area contributed by atoms with E-state index in [1.165, 1.54) is 18.7 Å². The molecular formula is C18H18N2O4. The van der Waals surface area contributed by atoms with E-state index in [9.17, 15) is 9.59 Å². The summed E-state index contributed by atoms with van der Waals surface area (Å²) >= 11 is 0. The van der Waals surface area contributed by atoms with Crippen molar-refractivity contribution in [3.05, 3.63) is 46.2 Å². The molecule has 1 aromatic carbocycles. The van der Waals surface area contributed by atoms with Crippen LogP contribution in [-0.2, 0) is 7.05 Å². The van der Waals surface area contributed by atoms with Crippen molar-refractivity contribution in [3.8, 4) is 17.0 Å². The van der Waals surface area contributed by atoms with Crippen LogP contribution < -0.4 is 15.1 Å². The number of carbonyl (C=O) groups is 1. The number of carboxylic acids is 1. The number of benzene rings is 1. The molecule has 1 atom stereocenters. The fourth-order valence-electron chi connectivity index (χ4n) is 3.62. The molecule has 6 heteroatoms. The van der Waals surface area contributed by atoms with E-state index in [1.54, 1.807) is 11.6 Å². The number of carboxylic acid groups (broad SMARTS) is 1. The van der Waals surface area contributed by atoms with Crippen LogP contribution in [0.25, 0.3) is 11.3 Å². The van der Waals surface area contributed by atoms with Gasteiger partial charge in [0.2, 0.25) is 0 Å². The van der Waals surface area contributed by atoms with E-state index in [-0.39, 0.29) is 5.56 Å². The number of nitrogens with zero attached hydrogens (tertiary/aromatic N) is 2. The molecule has 2 aliphatic heterocycles. The van der Waals surface area contributed by atoms with Crippen molar-refractivity contribution in [3.63, 3.8) is 0 Å². The molecule has 0 bridgehead atoms. The first-order chi connectivity index (χ1) is 11.5. The molecule has 0 aliphatic carbocycles. The van der Waals surface area contributed by atoms with Gasteiger partial charge >= 0.3 is 5.97 Å². The summed E-state index contributed by atoms with van der Waals surface area (Å²) in [6, 6.07) is 7.74. The number of aryl methyl sites for hydroxylation is 1. The van der Waals surface area contributed by atoms with Crippen LogP contribution >= 0.6 is 0 Å². The molecule has 0 radical (unpaired) electrons. The molecule has 24 heavy (non-hydrogen) atoms. The number of fused-ring (bicyclic) bond motifs is 3. The number of anilines is 1. The van der Waals surface area contributed by atoms with Crippen molar-refractivity contribution in [2.24, 2.45) is 7.05 Å². The standard InChI is InChI=1S/C18H18N2O4/c1-19-9-13(18(22)23)16(21)8-15(19)11-4-5-14-17(7-11)24-10-12-3-2-6-20(12)14/h4-5,7-9,12H,2-3,6,10H2,1H3,(H,22,23)/t12-/m1/s1.